The van der Waals surface area contributed by atoms with Crippen molar-refractivity contribution in [3.05, 3.63) is 53.1 Å². The van der Waals surface area contributed by atoms with E-state index in [0.717, 1.165) is 18.3 Å². The van der Waals surface area contributed by atoms with Crippen molar-refractivity contribution in [1.29, 1.82) is 0 Å². The molecule has 5 rings (SSSR count). The van der Waals surface area contributed by atoms with Crippen LogP contribution in [0.1, 0.15) is 37.7 Å². The molecule has 200 valence electrons. The number of alkyl halides is 3. The number of amides is 2. The fourth-order valence-electron chi connectivity index (χ4n) is 4.82. The highest BCUT2D eigenvalue weighted by atomic mass is 35.5. The average molecular weight is 546 g/mol. The summed E-state index contributed by atoms with van der Waals surface area (Å²) in [5, 5.41) is 16.4. The first-order chi connectivity index (χ1) is 17.4. The van der Waals surface area contributed by atoms with Crippen LogP contribution < -0.4 is 20.1 Å². The van der Waals surface area contributed by atoms with Gasteiger partial charge in [-0.25, -0.2) is 4.39 Å². The normalized spacial score (nSPS) is 24.9. The highest BCUT2D eigenvalue weighted by Crippen LogP contribution is 2.47. The van der Waals surface area contributed by atoms with Crippen LogP contribution in [0.3, 0.4) is 0 Å². The van der Waals surface area contributed by atoms with Gasteiger partial charge < -0.3 is 25.2 Å². The van der Waals surface area contributed by atoms with Crippen molar-refractivity contribution in [2.24, 2.45) is 0 Å². The second-order valence-corrected chi connectivity index (χ2v) is 9.72. The van der Waals surface area contributed by atoms with Gasteiger partial charge in [0, 0.05) is 17.8 Å². The number of ether oxygens (including phenoxy) is 2. The minimum atomic E-state index is -4.59. The van der Waals surface area contributed by atoms with Crippen LogP contribution >= 0.6 is 11.6 Å². The number of aliphatic hydroxyl groups is 1. The fraction of sp³-hybridized carbons (Fsp3) is 0.458. The summed E-state index contributed by atoms with van der Waals surface area (Å²) < 4.78 is 62.5. The highest BCUT2D eigenvalue weighted by Gasteiger charge is 2.55. The van der Waals surface area contributed by atoms with Gasteiger partial charge in [-0.15, -0.1) is 0 Å². The van der Waals surface area contributed by atoms with Crippen LogP contribution in [0, 0.1) is 5.82 Å². The number of aromatic nitrogens is 1. The standard InChI is InChI=1S/C24H24ClF4N3O5/c25-17-2-1-15(8-18(17)26)36-12-20(34)31-22-3-5-23(6-4-22,19(33)9-22)32-21(35)13-37-16-7-14(10-30-11-16)24(27,28)29/h1-2,7-8,10-11,19,33H,3-6,9,12-13H2,(H,31,34)(H,32,35). The van der Waals surface area contributed by atoms with E-state index in [4.69, 9.17) is 21.1 Å². The largest absolute Gasteiger partial charge is 0.484 e. The maximum atomic E-state index is 13.5. The van der Waals surface area contributed by atoms with Crippen LogP contribution in [-0.2, 0) is 15.8 Å². The van der Waals surface area contributed by atoms with E-state index in [9.17, 15) is 32.3 Å². The number of pyridine rings is 1. The van der Waals surface area contributed by atoms with E-state index in [1.54, 1.807) is 0 Å². The quantitative estimate of drug-likeness (QED) is 0.439. The molecule has 3 N–H and O–H groups in total. The van der Waals surface area contributed by atoms with E-state index in [1.807, 2.05) is 0 Å². The lowest BCUT2D eigenvalue weighted by molar-refractivity contribution is -0.138. The van der Waals surface area contributed by atoms with E-state index in [1.165, 1.54) is 12.1 Å². The maximum Gasteiger partial charge on any atom is 0.418 e. The summed E-state index contributed by atoms with van der Waals surface area (Å²) in [4.78, 5) is 28.5. The molecule has 3 aliphatic carbocycles. The Morgan fingerprint density at radius 3 is 2.30 bits per heavy atom. The van der Waals surface area contributed by atoms with Gasteiger partial charge in [-0.1, -0.05) is 11.6 Å². The van der Waals surface area contributed by atoms with Crippen LogP contribution in [0.5, 0.6) is 11.5 Å². The molecule has 0 radical (unpaired) electrons. The summed E-state index contributed by atoms with van der Waals surface area (Å²) in [6.07, 6.45) is -1.96. The van der Waals surface area contributed by atoms with Crippen LogP contribution in [0.15, 0.2) is 36.7 Å². The third kappa shape index (κ3) is 6.24. The van der Waals surface area contributed by atoms with Crippen LogP contribution in [0.2, 0.25) is 5.02 Å². The molecule has 0 saturated heterocycles. The van der Waals surface area contributed by atoms with E-state index in [-0.39, 0.29) is 29.5 Å². The topological polar surface area (TPSA) is 110 Å². The zero-order chi connectivity index (χ0) is 26.8. The van der Waals surface area contributed by atoms with Crippen molar-refractivity contribution in [3.63, 3.8) is 0 Å². The molecule has 1 unspecified atom stereocenters. The first kappa shape index (κ1) is 26.9. The van der Waals surface area contributed by atoms with Gasteiger partial charge >= 0.3 is 6.18 Å². The van der Waals surface area contributed by atoms with Crippen molar-refractivity contribution >= 4 is 23.4 Å². The average Bonchev–Trinajstić information content (AvgIpc) is 2.84. The van der Waals surface area contributed by atoms with Gasteiger partial charge in [0.25, 0.3) is 11.8 Å². The number of carbonyl (C=O) groups is 2. The molecule has 0 spiro atoms. The molecule has 2 bridgehead atoms. The van der Waals surface area contributed by atoms with Gasteiger partial charge in [-0.2, -0.15) is 13.2 Å². The third-order valence-corrected chi connectivity index (χ3v) is 7.09. The number of benzene rings is 1. The van der Waals surface area contributed by atoms with Gasteiger partial charge in [0.05, 0.1) is 28.4 Å². The number of hydrogen-bond donors (Lipinski definition) is 3. The number of rotatable bonds is 8. The second-order valence-electron chi connectivity index (χ2n) is 9.31. The molecule has 1 aromatic carbocycles. The monoisotopic (exact) mass is 545 g/mol. The molecule has 0 aliphatic heterocycles. The number of nitrogens with one attached hydrogen (secondary N) is 2. The Kier molecular flexibility index (Phi) is 7.52. The minimum Gasteiger partial charge on any atom is -0.484 e. The Morgan fingerprint density at radius 1 is 1.03 bits per heavy atom. The Balaban J connectivity index is 1.28. The first-order valence-corrected chi connectivity index (χ1v) is 11.8. The SMILES string of the molecule is O=C(COc1ccc(Cl)c(F)c1)NC12CCC(NC(=O)COc3cncc(C(F)(F)F)c3)(CC1)C(O)C2. The minimum absolute atomic E-state index is 0.0658. The second kappa shape index (κ2) is 10.3. The Labute approximate surface area is 214 Å². The number of halogens is 5. The zero-order valence-corrected chi connectivity index (χ0v) is 20.2. The number of fused-ring (bicyclic) bond motifs is 3. The molecule has 13 heteroatoms. The molecule has 3 fully saturated rings. The molecular formula is C24H24ClF4N3O5. The summed E-state index contributed by atoms with van der Waals surface area (Å²) in [5.74, 6) is -1.77. The maximum absolute atomic E-state index is 13.5. The van der Waals surface area contributed by atoms with E-state index < -0.39 is 53.2 Å². The van der Waals surface area contributed by atoms with Crippen molar-refractivity contribution in [2.45, 2.75) is 55.5 Å². The van der Waals surface area contributed by atoms with Crippen LogP contribution in [0.25, 0.3) is 0 Å². The first-order valence-electron chi connectivity index (χ1n) is 11.4. The van der Waals surface area contributed by atoms with Gasteiger partial charge in [0.1, 0.15) is 17.3 Å². The summed E-state index contributed by atoms with van der Waals surface area (Å²) in [6, 6.07) is 4.57. The number of hydrogen-bond acceptors (Lipinski definition) is 6. The molecule has 37 heavy (non-hydrogen) atoms. The lowest BCUT2D eigenvalue weighted by atomic mass is 9.60. The lowest BCUT2D eigenvalue weighted by Gasteiger charge is -2.56. The molecular weight excluding hydrogens is 522 g/mol. The van der Waals surface area contributed by atoms with Crippen molar-refractivity contribution in [2.75, 3.05) is 13.2 Å². The third-order valence-electron chi connectivity index (χ3n) is 6.79. The molecule has 1 atom stereocenters. The summed E-state index contributed by atoms with van der Waals surface area (Å²) in [5.41, 5.74) is -2.61. The molecule has 2 aromatic rings. The van der Waals surface area contributed by atoms with Gasteiger partial charge in [0.15, 0.2) is 13.2 Å². The fourth-order valence-corrected chi connectivity index (χ4v) is 4.94. The smallest absolute Gasteiger partial charge is 0.418 e. The highest BCUT2D eigenvalue weighted by molar-refractivity contribution is 6.30. The number of aliphatic hydroxyl groups excluding tert-OH is 1. The summed E-state index contributed by atoms with van der Waals surface area (Å²) in [7, 11) is 0. The van der Waals surface area contributed by atoms with Crippen molar-refractivity contribution in [1.82, 2.24) is 15.6 Å². The van der Waals surface area contributed by atoms with Crippen molar-refractivity contribution in [3.8, 4) is 11.5 Å². The van der Waals surface area contributed by atoms with E-state index in [2.05, 4.69) is 15.6 Å². The molecule has 8 nitrogen and oxygen atoms in total. The predicted octanol–water partition coefficient (Wildman–Crippen LogP) is 3.40. The van der Waals surface area contributed by atoms with Crippen molar-refractivity contribution < 1.29 is 41.7 Å². The Hall–Kier alpha value is -3.12. The van der Waals surface area contributed by atoms with Gasteiger partial charge in [-0.3, -0.25) is 14.6 Å². The number of nitrogens with zero attached hydrogens (tertiary/aromatic N) is 1. The molecule has 3 aliphatic rings. The van der Waals surface area contributed by atoms with Gasteiger partial charge in [-0.05, 0) is 50.3 Å². The van der Waals surface area contributed by atoms with Crippen LogP contribution in [-0.4, -0.2) is 52.3 Å². The zero-order valence-electron chi connectivity index (χ0n) is 19.4. The predicted molar refractivity (Wildman–Crippen MR) is 122 cm³/mol. The lowest BCUT2D eigenvalue weighted by Crippen LogP contribution is -2.70. The Bertz CT molecular complexity index is 1170. The van der Waals surface area contributed by atoms with Gasteiger partial charge in [0.2, 0.25) is 0 Å². The van der Waals surface area contributed by atoms with Crippen LogP contribution in [0.4, 0.5) is 17.6 Å². The molecule has 1 aromatic heterocycles. The molecule has 3 saturated carbocycles. The Morgan fingerprint density at radius 2 is 1.68 bits per heavy atom. The summed E-state index contributed by atoms with van der Waals surface area (Å²) >= 11 is 5.63. The summed E-state index contributed by atoms with van der Waals surface area (Å²) in [6.45, 7) is -0.912. The van der Waals surface area contributed by atoms with E-state index in [0.29, 0.717) is 31.9 Å². The number of carbonyl (C=O) groups excluding carboxylic acids is 2. The molecule has 2 amide bonds. The van der Waals surface area contributed by atoms with E-state index >= 15 is 0 Å². The molecule has 1 heterocycles.